The maximum Gasteiger partial charge on any atom is 0.346 e. The van der Waals surface area contributed by atoms with Crippen molar-refractivity contribution in [3.05, 3.63) is 64.1 Å². The average molecular weight is 423 g/mol. The van der Waals surface area contributed by atoms with Crippen molar-refractivity contribution in [3.8, 4) is 11.5 Å². The second-order valence-electron chi connectivity index (χ2n) is 7.07. The summed E-state index contributed by atoms with van der Waals surface area (Å²) in [6.07, 6.45) is 1.58. The van der Waals surface area contributed by atoms with Crippen LogP contribution in [-0.2, 0) is 13.6 Å². The number of hydrazine groups is 1. The highest BCUT2D eigenvalue weighted by molar-refractivity contribution is 6.14. The van der Waals surface area contributed by atoms with Crippen molar-refractivity contribution >= 4 is 17.3 Å². The molecule has 0 saturated carbocycles. The number of ether oxygens (including phenoxy) is 2. The molecule has 0 atom stereocenters. The molecular formula is C20H21N7O4. The molecule has 0 bridgehead atoms. The minimum Gasteiger partial charge on any atom is -0.493 e. The molecule has 5 rings (SSSR count). The fourth-order valence-electron chi connectivity index (χ4n) is 3.80. The van der Waals surface area contributed by atoms with E-state index in [9.17, 15) is 4.79 Å². The van der Waals surface area contributed by atoms with Crippen LogP contribution in [-0.4, -0.2) is 45.3 Å². The van der Waals surface area contributed by atoms with Gasteiger partial charge in [0.05, 0.1) is 27.0 Å². The van der Waals surface area contributed by atoms with Gasteiger partial charge in [-0.1, -0.05) is 6.07 Å². The van der Waals surface area contributed by atoms with E-state index in [1.807, 2.05) is 18.2 Å². The number of methoxy groups -OCH3 is 2. The first-order valence-electron chi connectivity index (χ1n) is 9.53. The highest BCUT2D eigenvalue weighted by atomic mass is 16.5. The van der Waals surface area contributed by atoms with Crippen LogP contribution in [0.4, 0.5) is 5.82 Å². The van der Waals surface area contributed by atoms with E-state index in [0.29, 0.717) is 40.3 Å². The molecule has 31 heavy (non-hydrogen) atoms. The summed E-state index contributed by atoms with van der Waals surface area (Å²) >= 11 is 0. The average Bonchev–Trinajstić information content (AvgIpc) is 3.49. The van der Waals surface area contributed by atoms with Gasteiger partial charge in [0, 0.05) is 7.05 Å². The fraction of sp³-hybridized carbons (Fsp3) is 0.250. The summed E-state index contributed by atoms with van der Waals surface area (Å²) in [5.74, 6) is 8.89. The number of benzene rings is 1. The molecule has 0 spiro atoms. The third-order valence-electron chi connectivity index (χ3n) is 5.29. The van der Waals surface area contributed by atoms with Crippen LogP contribution in [0, 0.1) is 0 Å². The minimum absolute atomic E-state index is 0.229. The van der Waals surface area contributed by atoms with Crippen LogP contribution >= 0.6 is 0 Å². The van der Waals surface area contributed by atoms with Gasteiger partial charge in [-0.15, -0.1) is 0 Å². The molecule has 0 fully saturated rings. The monoisotopic (exact) mass is 423 g/mol. The molecule has 0 unspecified atom stereocenters. The smallest absolute Gasteiger partial charge is 0.346 e. The number of nitrogens with zero attached hydrogens (tertiary/aromatic N) is 6. The number of furan rings is 1. The van der Waals surface area contributed by atoms with E-state index in [2.05, 4.69) is 9.98 Å². The van der Waals surface area contributed by atoms with Crippen LogP contribution in [0.2, 0.25) is 0 Å². The first kappa shape index (κ1) is 19.0. The molecule has 1 aliphatic rings. The van der Waals surface area contributed by atoms with E-state index in [1.54, 1.807) is 48.7 Å². The Balaban J connectivity index is 1.67. The molecule has 1 aliphatic heterocycles. The number of nitrogens with two attached hydrogens (primary N) is 1. The Hall–Kier alpha value is -3.99. The number of fused-ring (bicyclic) bond motifs is 3. The lowest BCUT2D eigenvalue weighted by molar-refractivity contribution is 0.354. The molecule has 4 heterocycles. The molecule has 0 amide bonds. The van der Waals surface area contributed by atoms with Crippen molar-refractivity contribution in [2.75, 3.05) is 25.9 Å². The number of anilines is 1. The lowest BCUT2D eigenvalue weighted by Gasteiger charge is -2.20. The molecule has 4 aromatic rings. The van der Waals surface area contributed by atoms with Gasteiger partial charge in [0.2, 0.25) is 5.78 Å². The summed E-state index contributed by atoms with van der Waals surface area (Å²) in [6, 6.07) is 9.12. The largest absolute Gasteiger partial charge is 0.493 e. The van der Waals surface area contributed by atoms with Crippen molar-refractivity contribution in [1.29, 1.82) is 0 Å². The lowest BCUT2D eigenvalue weighted by atomic mass is 10.2. The SMILES string of the molecule is COc1ccc(Cn2c(=O)n(C)n3c4c(nc23)N(N)CN=C4c2ccco2)cc1OC. The summed E-state index contributed by atoms with van der Waals surface area (Å²) < 4.78 is 21.0. The van der Waals surface area contributed by atoms with Crippen molar-refractivity contribution in [3.63, 3.8) is 0 Å². The Morgan fingerprint density at radius 1 is 1.19 bits per heavy atom. The molecule has 0 radical (unpaired) electrons. The summed E-state index contributed by atoms with van der Waals surface area (Å²) in [5.41, 5.74) is 1.82. The molecule has 0 aliphatic carbocycles. The third-order valence-corrected chi connectivity index (χ3v) is 5.29. The molecule has 0 saturated heterocycles. The number of aryl methyl sites for hydroxylation is 1. The molecule has 11 nitrogen and oxygen atoms in total. The van der Waals surface area contributed by atoms with Crippen LogP contribution in [0.15, 0.2) is 50.8 Å². The van der Waals surface area contributed by atoms with E-state index in [1.165, 1.54) is 9.69 Å². The van der Waals surface area contributed by atoms with Gasteiger partial charge in [0.25, 0.3) is 0 Å². The number of aliphatic imine (C=N–C) groups is 1. The second-order valence-corrected chi connectivity index (χ2v) is 7.07. The Morgan fingerprint density at radius 3 is 2.71 bits per heavy atom. The Labute approximate surface area is 176 Å². The number of aromatic nitrogens is 4. The van der Waals surface area contributed by atoms with E-state index >= 15 is 0 Å². The van der Waals surface area contributed by atoms with Gasteiger partial charge in [0.15, 0.2) is 23.1 Å². The zero-order chi connectivity index (χ0) is 21.7. The number of rotatable bonds is 5. The van der Waals surface area contributed by atoms with Crippen molar-refractivity contribution in [2.45, 2.75) is 6.54 Å². The fourth-order valence-corrected chi connectivity index (χ4v) is 3.80. The highest BCUT2D eigenvalue weighted by Gasteiger charge is 2.31. The van der Waals surface area contributed by atoms with Crippen LogP contribution in [0.1, 0.15) is 17.0 Å². The standard InChI is InChI=1S/C20H21N7O4/c1-24-20(28)25(10-12-6-7-13(29-2)15(9-12)30-3)19-23-18-17(27(19)24)16(22-11-26(18)21)14-5-4-8-31-14/h4-9H,10-11,21H2,1-3H3. The summed E-state index contributed by atoms with van der Waals surface area (Å²) in [5, 5.41) is 1.44. The van der Waals surface area contributed by atoms with Gasteiger partial charge in [-0.3, -0.25) is 14.6 Å². The predicted molar refractivity (Wildman–Crippen MR) is 113 cm³/mol. The van der Waals surface area contributed by atoms with E-state index in [-0.39, 0.29) is 18.9 Å². The molecule has 2 N–H and O–H groups in total. The van der Waals surface area contributed by atoms with Gasteiger partial charge in [0.1, 0.15) is 18.1 Å². The van der Waals surface area contributed by atoms with Gasteiger partial charge >= 0.3 is 5.69 Å². The number of hydrogen-bond donors (Lipinski definition) is 1. The number of imidazole rings is 1. The third kappa shape index (κ3) is 2.81. The molecule has 3 aromatic heterocycles. The van der Waals surface area contributed by atoms with Crippen molar-refractivity contribution < 1.29 is 13.9 Å². The van der Waals surface area contributed by atoms with Crippen LogP contribution in [0.25, 0.3) is 5.78 Å². The zero-order valence-corrected chi connectivity index (χ0v) is 17.3. The molecule has 160 valence electrons. The minimum atomic E-state index is -0.229. The normalized spacial score (nSPS) is 13.4. The predicted octanol–water partition coefficient (Wildman–Crippen LogP) is 0.982. The van der Waals surface area contributed by atoms with Gasteiger partial charge < -0.3 is 13.9 Å². The Kier molecular flexibility index (Phi) is 4.33. The first-order chi connectivity index (χ1) is 15.0. The van der Waals surface area contributed by atoms with E-state index < -0.39 is 0 Å². The van der Waals surface area contributed by atoms with Gasteiger partial charge in [-0.2, -0.15) is 4.98 Å². The molecule has 1 aromatic carbocycles. The topological polar surface area (TPSA) is 117 Å². The lowest BCUT2D eigenvalue weighted by Crippen LogP contribution is -2.37. The number of hydrogen-bond acceptors (Lipinski definition) is 8. The second kappa shape index (κ2) is 7.06. The summed E-state index contributed by atoms with van der Waals surface area (Å²) in [7, 11) is 4.83. The first-order valence-corrected chi connectivity index (χ1v) is 9.53. The summed E-state index contributed by atoms with van der Waals surface area (Å²) in [4.78, 5) is 22.3. The van der Waals surface area contributed by atoms with Crippen LogP contribution in [0.5, 0.6) is 11.5 Å². The van der Waals surface area contributed by atoms with Gasteiger partial charge in [-0.05, 0) is 29.8 Å². The quantitative estimate of drug-likeness (QED) is 0.476. The van der Waals surface area contributed by atoms with E-state index in [4.69, 9.17) is 19.7 Å². The summed E-state index contributed by atoms with van der Waals surface area (Å²) in [6.45, 7) is 0.518. The maximum atomic E-state index is 13.1. The van der Waals surface area contributed by atoms with Gasteiger partial charge in [-0.25, -0.2) is 19.8 Å². The molecular weight excluding hydrogens is 402 g/mol. The maximum absolute atomic E-state index is 13.1. The van der Waals surface area contributed by atoms with Crippen molar-refractivity contribution in [1.82, 2.24) is 18.7 Å². The Morgan fingerprint density at radius 2 is 2.00 bits per heavy atom. The van der Waals surface area contributed by atoms with Crippen LogP contribution < -0.4 is 26.0 Å². The van der Waals surface area contributed by atoms with Crippen LogP contribution in [0.3, 0.4) is 0 Å². The highest BCUT2D eigenvalue weighted by Crippen LogP contribution is 2.29. The van der Waals surface area contributed by atoms with E-state index in [0.717, 1.165) is 5.56 Å². The van der Waals surface area contributed by atoms with Crippen molar-refractivity contribution in [2.24, 2.45) is 17.9 Å². The molecule has 11 heteroatoms. The Bertz CT molecular complexity index is 1360. The zero-order valence-electron chi connectivity index (χ0n) is 17.3.